The molecule has 0 spiro atoms. The number of nitrogens with zero attached hydrogens (tertiary/aromatic N) is 1. The lowest BCUT2D eigenvalue weighted by Crippen LogP contribution is -2.28. The minimum atomic E-state index is -0.759. The van der Waals surface area contributed by atoms with Gasteiger partial charge in [-0.15, -0.1) is 0 Å². The molecule has 1 aromatic carbocycles. The van der Waals surface area contributed by atoms with E-state index in [1.165, 1.54) is 24.1 Å². The molecule has 0 bridgehead atoms. The lowest BCUT2D eigenvalue weighted by atomic mass is 10.1. The van der Waals surface area contributed by atoms with Crippen molar-refractivity contribution in [1.82, 2.24) is 4.90 Å². The number of hydrogen-bond donors (Lipinski definition) is 0. The number of carbonyl (C=O) groups excluding carboxylic acids is 2. The number of ketones is 1. The molecule has 0 saturated carbocycles. The Morgan fingerprint density at radius 2 is 2.00 bits per heavy atom. The molecule has 5 nitrogen and oxygen atoms in total. The Bertz CT molecular complexity index is 1150. The maximum Gasteiger partial charge on any atom is 0.343 e. The third kappa shape index (κ3) is 5.09. The van der Waals surface area contributed by atoms with Gasteiger partial charge in [-0.1, -0.05) is 36.9 Å². The molecule has 3 rings (SSSR count). The van der Waals surface area contributed by atoms with Crippen molar-refractivity contribution in [2.45, 2.75) is 20.3 Å². The van der Waals surface area contributed by atoms with Crippen molar-refractivity contribution >= 4 is 23.9 Å². The number of carbonyl (C=O) groups is 2. The molecule has 0 N–H and O–H groups in total. The van der Waals surface area contributed by atoms with Gasteiger partial charge >= 0.3 is 5.97 Å². The largest absolute Gasteiger partial charge is 0.484 e. The van der Waals surface area contributed by atoms with Crippen molar-refractivity contribution in [3.8, 4) is 0 Å². The number of esters is 1. The first-order valence-electron chi connectivity index (χ1n) is 9.97. The average Bonchev–Trinajstić information content (AvgIpc) is 2.91. The van der Waals surface area contributed by atoms with Crippen LogP contribution in [0.4, 0.5) is 4.39 Å². The SMILES string of the molecule is C=C1/C=c2/cccc/c2=C/COC2=C(C=CCC=C2F)N1/C=C(\C(C)=O)C(=O)OCC. The fourth-order valence-corrected chi connectivity index (χ4v) is 3.20. The number of allylic oxidation sites excluding steroid dienone is 5. The third-order valence-electron chi connectivity index (χ3n) is 4.71. The smallest absolute Gasteiger partial charge is 0.343 e. The summed E-state index contributed by atoms with van der Waals surface area (Å²) in [5.74, 6) is -1.77. The van der Waals surface area contributed by atoms with E-state index < -0.39 is 17.6 Å². The molecular weight excluding hydrogens is 397 g/mol. The van der Waals surface area contributed by atoms with Crippen LogP contribution in [0.5, 0.6) is 0 Å². The highest BCUT2D eigenvalue weighted by molar-refractivity contribution is 6.16. The molecule has 0 radical (unpaired) electrons. The Balaban J connectivity index is 2.28. The van der Waals surface area contributed by atoms with Crippen LogP contribution in [0.15, 0.2) is 83.8 Å². The molecule has 0 atom stereocenters. The van der Waals surface area contributed by atoms with Crippen molar-refractivity contribution in [2.75, 3.05) is 13.2 Å². The zero-order valence-corrected chi connectivity index (χ0v) is 17.6. The van der Waals surface area contributed by atoms with Crippen LogP contribution in [0, 0.1) is 0 Å². The standard InChI is InChI=1S/C25H24FNO4/c1-4-30-25(29)21(18(3)28)16-27-17(2)15-20-10-6-5-9-19(20)13-14-31-24-22(26)11-7-8-12-23(24)27/h5-6,8-13,15-16H,2,4,7,14H2,1,3H3/b19-13-,20-15-,21-16+. The van der Waals surface area contributed by atoms with Crippen LogP contribution in [-0.4, -0.2) is 29.9 Å². The molecule has 1 aliphatic carbocycles. The second-order valence-corrected chi connectivity index (χ2v) is 6.87. The van der Waals surface area contributed by atoms with E-state index in [1.54, 1.807) is 19.1 Å². The normalized spacial score (nSPS) is 18.8. The number of rotatable bonds is 4. The first-order valence-corrected chi connectivity index (χ1v) is 9.97. The van der Waals surface area contributed by atoms with Gasteiger partial charge in [0.15, 0.2) is 17.4 Å². The Hall–Kier alpha value is -3.67. The predicted molar refractivity (Wildman–Crippen MR) is 117 cm³/mol. The molecule has 1 heterocycles. The highest BCUT2D eigenvalue weighted by atomic mass is 19.1. The summed E-state index contributed by atoms with van der Waals surface area (Å²) in [6.45, 7) is 7.30. The van der Waals surface area contributed by atoms with Crippen LogP contribution in [0.2, 0.25) is 0 Å². The molecule has 6 heteroatoms. The quantitative estimate of drug-likeness (QED) is 0.324. The highest BCUT2D eigenvalue weighted by Gasteiger charge is 2.24. The number of ether oxygens (including phenoxy) is 2. The molecule has 1 aliphatic heterocycles. The van der Waals surface area contributed by atoms with Gasteiger partial charge in [0.05, 0.1) is 12.3 Å². The van der Waals surface area contributed by atoms with Gasteiger partial charge in [-0.25, -0.2) is 9.18 Å². The van der Waals surface area contributed by atoms with Crippen LogP contribution < -0.4 is 10.4 Å². The van der Waals surface area contributed by atoms with Gasteiger partial charge in [-0.05, 0) is 55.0 Å². The topological polar surface area (TPSA) is 55.8 Å². The molecule has 0 unspecified atom stereocenters. The van der Waals surface area contributed by atoms with Gasteiger partial charge in [0.25, 0.3) is 0 Å². The summed E-state index contributed by atoms with van der Waals surface area (Å²) in [6, 6.07) is 7.61. The minimum Gasteiger partial charge on any atom is -0.484 e. The number of fused-ring (bicyclic) bond motifs is 1. The Kier molecular flexibility index (Phi) is 7.03. The van der Waals surface area contributed by atoms with Gasteiger partial charge in [0.1, 0.15) is 12.2 Å². The van der Waals surface area contributed by atoms with E-state index in [9.17, 15) is 14.0 Å². The number of Topliss-reactive ketones (excluding diaryl/α,β-unsaturated/α-hetero) is 1. The molecular formula is C25H24FNO4. The zero-order valence-electron chi connectivity index (χ0n) is 17.6. The van der Waals surface area contributed by atoms with Crippen LogP contribution >= 0.6 is 0 Å². The number of benzene rings is 1. The van der Waals surface area contributed by atoms with Gasteiger partial charge in [-0.2, -0.15) is 0 Å². The predicted octanol–water partition coefficient (Wildman–Crippen LogP) is 3.15. The van der Waals surface area contributed by atoms with E-state index in [2.05, 4.69) is 6.58 Å². The lowest BCUT2D eigenvalue weighted by Gasteiger charge is -2.25. The fraction of sp³-hybridized carbons (Fsp3) is 0.200. The zero-order chi connectivity index (χ0) is 22.4. The van der Waals surface area contributed by atoms with E-state index >= 15 is 0 Å². The first-order chi connectivity index (χ1) is 14.9. The van der Waals surface area contributed by atoms with Gasteiger partial charge in [-0.3, -0.25) is 4.79 Å². The van der Waals surface area contributed by atoms with Crippen molar-refractivity contribution in [3.63, 3.8) is 0 Å². The molecule has 0 fully saturated rings. The van der Waals surface area contributed by atoms with Crippen LogP contribution in [-0.2, 0) is 19.1 Å². The minimum absolute atomic E-state index is 0.00180. The second-order valence-electron chi connectivity index (χ2n) is 6.87. The average molecular weight is 421 g/mol. The molecule has 0 saturated heterocycles. The Labute approximate surface area is 180 Å². The van der Waals surface area contributed by atoms with E-state index in [0.29, 0.717) is 17.8 Å². The van der Waals surface area contributed by atoms with E-state index in [-0.39, 0.29) is 24.5 Å². The van der Waals surface area contributed by atoms with Crippen molar-refractivity contribution in [3.05, 3.63) is 94.3 Å². The summed E-state index contributed by atoms with van der Waals surface area (Å²) >= 11 is 0. The van der Waals surface area contributed by atoms with E-state index in [1.807, 2.05) is 36.4 Å². The Morgan fingerprint density at radius 3 is 2.71 bits per heavy atom. The molecule has 0 aromatic heterocycles. The Morgan fingerprint density at radius 1 is 1.26 bits per heavy atom. The second kappa shape index (κ2) is 9.89. The molecule has 1 aromatic rings. The van der Waals surface area contributed by atoms with E-state index in [4.69, 9.17) is 9.47 Å². The van der Waals surface area contributed by atoms with Gasteiger partial charge in [0.2, 0.25) is 0 Å². The molecule has 0 amide bonds. The molecule has 31 heavy (non-hydrogen) atoms. The summed E-state index contributed by atoms with van der Waals surface area (Å²) < 4.78 is 25.7. The maximum absolute atomic E-state index is 14.9. The summed E-state index contributed by atoms with van der Waals surface area (Å²) in [5, 5.41) is 1.76. The van der Waals surface area contributed by atoms with Crippen LogP contribution in [0.1, 0.15) is 20.3 Å². The van der Waals surface area contributed by atoms with Gasteiger partial charge < -0.3 is 14.4 Å². The maximum atomic E-state index is 14.9. The van der Waals surface area contributed by atoms with Crippen LogP contribution in [0.25, 0.3) is 12.2 Å². The van der Waals surface area contributed by atoms with Crippen molar-refractivity contribution in [2.24, 2.45) is 0 Å². The highest BCUT2D eigenvalue weighted by Crippen LogP contribution is 2.29. The lowest BCUT2D eigenvalue weighted by molar-refractivity contribution is -0.139. The summed E-state index contributed by atoms with van der Waals surface area (Å²) in [5.41, 5.74) is 0.562. The van der Waals surface area contributed by atoms with Crippen LogP contribution in [0.3, 0.4) is 0 Å². The fourth-order valence-electron chi connectivity index (χ4n) is 3.20. The van der Waals surface area contributed by atoms with E-state index in [0.717, 1.165) is 10.4 Å². The number of hydrogen-bond acceptors (Lipinski definition) is 5. The van der Waals surface area contributed by atoms with Gasteiger partial charge in [0, 0.05) is 11.9 Å². The number of halogens is 1. The monoisotopic (exact) mass is 421 g/mol. The third-order valence-corrected chi connectivity index (χ3v) is 4.71. The van der Waals surface area contributed by atoms with Crippen molar-refractivity contribution in [1.29, 1.82) is 0 Å². The summed E-state index contributed by atoms with van der Waals surface area (Å²) in [4.78, 5) is 26.1. The summed E-state index contributed by atoms with van der Waals surface area (Å²) in [7, 11) is 0. The summed E-state index contributed by atoms with van der Waals surface area (Å²) in [6.07, 6.45) is 10.2. The first kappa shape index (κ1) is 22.0. The molecule has 2 aliphatic rings. The van der Waals surface area contributed by atoms with Crippen molar-refractivity contribution < 1.29 is 23.5 Å². The molecule has 160 valence electrons.